The molecule has 5 rings (SSSR count). The topological polar surface area (TPSA) is 97.6 Å². The standard InChI is InChI=1S/C34H37FN4O5Si/c1-24-16-17-25(35)20-29(24)39-31-28(21-38-39)32(37-23-36-31)44-30(33(40)41-5)22-42-18-19-43-45(34(2,3)4,26-12-8-6-9-13-26)27-14-10-7-11-15-27/h6-17,20-21,23,30H,18-19,22H2,1-5H3. The molecule has 2 heterocycles. The third-order valence-corrected chi connectivity index (χ3v) is 12.7. The molecule has 2 aromatic heterocycles. The van der Waals surface area contributed by atoms with Crippen LogP contribution in [-0.2, 0) is 18.7 Å². The van der Waals surface area contributed by atoms with Crippen LogP contribution in [-0.4, -0.2) is 67.1 Å². The van der Waals surface area contributed by atoms with E-state index < -0.39 is 26.2 Å². The van der Waals surface area contributed by atoms with Gasteiger partial charge in [0.15, 0.2) is 5.65 Å². The number of rotatable bonds is 12. The molecule has 0 radical (unpaired) electrons. The fourth-order valence-electron chi connectivity index (χ4n) is 5.53. The number of benzene rings is 3. The molecule has 0 aliphatic heterocycles. The van der Waals surface area contributed by atoms with Crippen LogP contribution in [0.4, 0.5) is 4.39 Å². The van der Waals surface area contributed by atoms with E-state index >= 15 is 0 Å². The summed E-state index contributed by atoms with van der Waals surface area (Å²) in [5, 5.41) is 6.99. The summed E-state index contributed by atoms with van der Waals surface area (Å²) in [4.78, 5) is 21.3. The first-order valence-corrected chi connectivity index (χ1v) is 16.6. The molecule has 45 heavy (non-hydrogen) atoms. The first kappa shape index (κ1) is 32.0. The molecule has 0 N–H and O–H groups in total. The van der Waals surface area contributed by atoms with E-state index in [0.29, 0.717) is 23.3 Å². The number of aromatic nitrogens is 4. The molecular weight excluding hydrogens is 591 g/mol. The van der Waals surface area contributed by atoms with Gasteiger partial charge in [-0.2, -0.15) is 5.10 Å². The zero-order valence-electron chi connectivity index (χ0n) is 26.1. The Bertz CT molecular complexity index is 1710. The minimum atomic E-state index is -2.73. The average Bonchev–Trinajstić information content (AvgIpc) is 3.48. The van der Waals surface area contributed by atoms with Gasteiger partial charge in [0.25, 0.3) is 8.32 Å². The lowest BCUT2D eigenvalue weighted by Crippen LogP contribution is -2.66. The smallest absolute Gasteiger partial charge is 0.349 e. The lowest BCUT2D eigenvalue weighted by molar-refractivity contribution is -0.152. The third-order valence-electron chi connectivity index (χ3n) is 7.68. The Kier molecular flexibility index (Phi) is 9.71. The summed E-state index contributed by atoms with van der Waals surface area (Å²) in [6, 6.07) is 25.1. The second kappa shape index (κ2) is 13.7. The normalized spacial score (nSPS) is 12.7. The molecule has 1 atom stereocenters. The van der Waals surface area contributed by atoms with Crippen LogP contribution >= 0.6 is 0 Å². The van der Waals surface area contributed by atoms with Crippen LogP contribution in [0, 0.1) is 12.7 Å². The Morgan fingerprint density at radius 3 is 2.24 bits per heavy atom. The number of hydrogen-bond acceptors (Lipinski definition) is 8. The van der Waals surface area contributed by atoms with E-state index in [0.717, 1.165) is 5.56 Å². The second-order valence-corrected chi connectivity index (χ2v) is 15.9. The summed E-state index contributed by atoms with van der Waals surface area (Å²) >= 11 is 0. The molecule has 1 unspecified atom stereocenters. The van der Waals surface area contributed by atoms with Crippen LogP contribution < -0.4 is 15.1 Å². The van der Waals surface area contributed by atoms with Crippen LogP contribution in [0.5, 0.6) is 5.88 Å². The van der Waals surface area contributed by atoms with Crippen molar-refractivity contribution in [3.05, 3.63) is 103 Å². The highest BCUT2D eigenvalue weighted by Crippen LogP contribution is 2.36. The van der Waals surface area contributed by atoms with Gasteiger partial charge in [-0.1, -0.05) is 87.5 Å². The maximum Gasteiger partial charge on any atom is 0.349 e. The number of carbonyl (C=O) groups excluding carboxylic acids is 1. The second-order valence-electron chi connectivity index (χ2n) is 11.6. The number of methoxy groups -OCH3 is 1. The molecule has 0 fully saturated rings. The van der Waals surface area contributed by atoms with Crippen molar-refractivity contribution in [2.45, 2.75) is 38.8 Å². The maximum absolute atomic E-state index is 14.0. The molecule has 9 nitrogen and oxygen atoms in total. The molecule has 0 aliphatic rings. The Morgan fingerprint density at radius 2 is 1.62 bits per heavy atom. The molecule has 0 saturated carbocycles. The van der Waals surface area contributed by atoms with Gasteiger partial charge in [0, 0.05) is 0 Å². The summed E-state index contributed by atoms with van der Waals surface area (Å²) in [6.07, 6.45) is 1.71. The summed E-state index contributed by atoms with van der Waals surface area (Å²) in [7, 11) is -1.45. The van der Waals surface area contributed by atoms with Gasteiger partial charge in [-0.15, -0.1) is 0 Å². The van der Waals surface area contributed by atoms with Crippen molar-refractivity contribution in [1.82, 2.24) is 19.7 Å². The van der Waals surface area contributed by atoms with Crippen molar-refractivity contribution in [2.75, 3.05) is 26.9 Å². The molecule has 0 amide bonds. The van der Waals surface area contributed by atoms with Crippen LogP contribution in [0.25, 0.3) is 16.7 Å². The van der Waals surface area contributed by atoms with Gasteiger partial charge in [0.2, 0.25) is 12.0 Å². The molecule has 11 heteroatoms. The van der Waals surface area contributed by atoms with Crippen LogP contribution in [0.1, 0.15) is 26.3 Å². The number of halogens is 1. The summed E-state index contributed by atoms with van der Waals surface area (Å²) in [5.41, 5.74) is 1.74. The number of carbonyl (C=O) groups is 1. The predicted octanol–water partition coefficient (Wildman–Crippen LogP) is 4.78. The highest BCUT2D eigenvalue weighted by molar-refractivity contribution is 6.99. The Hall–Kier alpha value is -4.45. The number of esters is 1. The maximum atomic E-state index is 14.0. The monoisotopic (exact) mass is 628 g/mol. The van der Waals surface area contributed by atoms with E-state index in [4.69, 9.17) is 18.6 Å². The number of nitrogens with zero attached hydrogens (tertiary/aromatic N) is 4. The lowest BCUT2D eigenvalue weighted by Gasteiger charge is -2.43. The van der Waals surface area contributed by atoms with Crippen molar-refractivity contribution in [2.24, 2.45) is 0 Å². The van der Waals surface area contributed by atoms with E-state index in [-0.39, 0.29) is 24.1 Å². The quantitative estimate of drug-likeness (QED) is 0.111. The van der Waals surface area contributed by atoms with Crippen LogP contribution in [0.3, 0.4) is 0 Å². The van der Waals surface area contributed by atoms with Crippen molar-refractivity contribution >= 4 is 35.7 Å². The minimum Gasteiger partial charge on any atom is -0.466 e. The molecule has 5 aromatic rings. The molecule has 0 aliphatic carbocycles. The Balaban J connectivity index is 1.32. The van der Waals surface area contributed by atoms with Gasteiger partial charge < -0.3 is 18.6 Å². The lowest BCUT2D eigenvalue weighted by atomic mass is 10.2. The van der Waals surface area contributed by atoms with Crippen molar-refractivity contribution in [3.8, 4) is 11.6 Å². The van der Waals surface area contributed by atoms with Gasteiger partial charge in [-0.05, 0) is 40.0 Å². The number of aryl methyl sites for hydroxylation is 1. The first-order valence-electron chi connectivity index (χ1n) is 14.7. The van der Waals surface area contributed by atoms with E-state index in [9.17, 15) is 9.18 Å². The Morgan fingerprint density at radius 1 is 0.956 bits per heavy atom. The van der Waals surface area contributed by atoms with Gasteiger partial charge in [0.1, 0.15) is 17.5 Å². The molecule has 3 aromatic carbocycles. The van der Waals surface area contributed by atoms with Crippen molar-refractivity contribution in [3.63, 3.8) is 0 Å². The van der Waals surface area contributed by atoms with E-state index in [1.807, 2.05) is 43.3 Å². The van der Waals surface area contributed by atoms with Crippen LogP contribution in [0.2, 0.25) is 5.04 Å². The van der Waals surface area contributed by atoms with Gasteiger partial charge in [0.05, 0.1) is 38.8 Å². The fourth-order valence-corrected chi connectivity index (χ4v) is 10.1. The van der Waals surface area contributed by atoms with Crippen molar-refractivity contribution < 1.29 is 27.8 Å². The molecule has 0 spiro atoms. The van der Waals surface area contributed by atoms with E-state index in [1.54, 1.807) is 6.07 Å². The number of fused-ring (bicyclic) bond motifs is 1. The van der Waals surface area contributed by atoms with E-state index in [1.165, 1.54) is 46.8 Å². The van der Waals surface area contributed by atoms with Crippen LogP contribution in [0.15, 0.2) is 91.4 Å². The SMILES string of the molecule is COC(=O)C(COCCO[Si](c1ccccc1)(c1ccccc1)C(C)(C)C)Oc1ncnc2c1cnn2-c1cc(F)ccc1C. The molecule has 234 valence electrons. The first-order chi connectivity index (χ1) is 21.7. The molecule has 0 saturated heterocycles. The largest absolute Gasteiger partial charge is 0.466 e. The minimum absolute atomic E-state index is 0.0978. The summed E-state index contributed by atoms with van der Waals surface area (Å²) in [5.74, 6) is -0.891. The Labute approximate surface area is 263 Å². The third kappa shape index (κ3) is 6.65. The summed E-state index contributed by atoms with van der Waals surface area (Å²) in [6.45, 7) is 8.91. The summed E-state index contributed by atoms with van der Waals surface area (Å²) < 4.78 is 39.4. The van der Waals surface area contributed by atoms with Gasteiger partial charge in [-0.3, -0.25) is 0 Å². The van der Waals surface area contributed by atoms with Gasteiger partial charge >= 0.3 is 5.97 Å². The highest BCUT2D eigenvalue weighted by atomic mass is 28.4. The van der Waals surface area contributed by atoms with Gasteiger partial charge in [-0.25, -0.2) is 23.8 Å². The highest BCUT2D eigenvalue weighted by Gasteiger charge is 2.50. The number of ether oxygens (including phenoxy) is 3. The van der Waals surface area contributed by atoms with Crippen molar-refractivity contribution in [1.29, 1.82) is 0 Å². The molecule has 0 bridgehead atoms. The fraction of sp³-hybridized carbons (Fsp3) is 0.294. The average molecular weight is 629 g/mol. The number of hydrogen-bond donors (Lipinski definition) is 0. The zero-order valence-corrected chi connectivity index (χ0v) is 27.1. The molecular formula is C34H37FN4O5Si. The predicted molar refractivity (Wildman–Crippen MR) is 172 cm³/mol. The zero-order chi connectivity index (χ0) is 32.0. The van der Waals surface area contributed by atoms with E-state index in [2.05, 4.69) is 60.1 Å².